The molecule has 0 aliphatic carbocycles. The molecule has 2 atom stereocenters. The van der Waals surface area contributed by atoms with Crippen molar-refractivity contribution in [1.82, 2.24) is 5.43 Å². The van der Waals surface area contributed by atoms with Gasteiger partial charge in [0, 0.05) is 12.5 Å². The number of nitrogens with two attached hydrogens (primary N) is 1. The van der Waals surface area contributed by atoms with Crippen molar-refractivity contribution in [3.05, 3.63) is 24.2 Å². The van der Waals surface area contributed by atoms with Crippen LogP contribution in [0.5, 0.6) is 0 Å². The number of rotatable bonds is 3. The summed E-state index contributed by atoms with van der Waals surface area (Å²) in [7, 11) is 0. The number of furan rings is 1. The van der Waals surface area contributed by atoms with Gasteiger partial charge in [-0.2, -0.15) is 0 Å². The Morgan fingerprint density at radius 2 is 2.50 bits per heavy atom. The monoisotopic (exact) mass is 196 g/mol. The normalized spacial score (nSPS) is 24.8. The Hall–Kier alpha value is -0.840. The van der Waals surface area contributed by atoms with E-state index in [0.717, 1.165) is 31.8 Å². The molecule has 4 nitrogen and oxygen atoms in total. The number of hydrogen-bond acceptors (Lipinski definition) is 4. The summed E-state index contributed by atoms with van der Waals surface area (Å²) >= 11 is 0. The molecule has 0 bridgehead atoms. The highest BCUT2D eigenvalue weighted by atomic mass is 16.5. The molecule has 78 valence electrons. The average molecular weight is 196 g/mol. The first-order chi connectivity index (χ1) is 6.92. The van der Waals surface area contributed by atoms with Crippen LogP contribution in [0.25, 0.3) is 0 Å². The number of ether oxygens (including phenoxy) is 1. The molecule has 1 aromatic rings. The summed E-state index contributed by atoms with van der Waals surface area (Å²) in [4.78, 5) is 0. The number of hydrogen-bond donors (Lipinski definition) is 2. The minimum atomic E-state index is 0.0744. The maximum absolute atomic E-state index is 5.53. The van der Waals surface area contributed by atoms with Gasteiger partial charge in [-0.25, -0.2) is 5.43 Å². The summed E-state index contributed by atoms with van der Waals surface area (Å²) in [6.07, 6.45) is 3.91. The zero-order valence-corrected chi connectivity index (χ0v) is 8.11. The molecule has 0 saturated carbocycles. The minimum absolute atomic E-state index is 0.0744. The lowest BCUT2D eigenvalue weighted by atomic mass is 9.92. The third-order valence-electron chi connectivity index (χ3n) is 2.70. The first-order valence-electron chi connectivity index (χ1n) is 4.99. The van der Waals surface area contributed by atoms with E-state index in [4.69, 9.17) is 15.0 Å². The van der Waals surface area contributed by atoms with Crippen molar-refractivity contribution in [2.75, 3.05) is 13.2 Å². The van der Waals surface area contributed by atoms with E-state index in [2.05, 4.69) is 5.43 Å². The van der Waals surface area contributed by atoms with Crippen LogP contribution in [0.2, 0.25) is 0 Å². The molecule has 1 aromatic heterocycles. The predicted octanol–water partition coefficient (Wildman–Crippen LogP) is 1.21. The molecule has 3 N–H and O–H groups in total. The largest absolute Gasteiger partial charge is 0.468 e. The molecule has 2 rings (SSSR count). The van der Waals surface area contributed by atoms with E-state index in [-0.39, 0.29) is 6.04 Å². The SMILES string of the molecule is NNC(c1ccco1)C1CCCOC1. The Balaban J connectivity index is 2.04. The molecule has 2 unspecified atom stereocenters. The van der Waals surface area contributed by atoms with Crippen LogP contribution in [0.3, 0.4) is 0 Å². The third-order valence-corrected chi connectivity index (χ3v) is 2.70. The highest BCUT2D eigenvalue weighted by Crippen LogP contribution is 2.28. The molecular formula is C10H16N2O2. The van der Waals surface area contributed by atoms with Crippen molar-refractivity contribution in [3.63, 3.8) is 0 Å². The maximum atomic E-state index is 5.53. The standard InChI is InChI=1S/C10H16N2O2/c11-12-10(9-4-2-6-14-9)8-3-1-5-13-7-8/h2,4,6,8,10,12H,1,3,5,7,11H2. The summed E-state index contributed by atoms with van der Waals surface area (Å²) < 4.78 is 10.8. The molecule has 1 aliphatic heterocycles. The van der Waals surface area contributed by atoms with Gasteiger partial charge in [0.15, 0.2) is 0 Å². The second-order valence-corrected chi connectivity index (χ2v) is 3.64. The third kappa shape index (κ3) is 1.97. The summed E-state index contributed by atoms with van der Waals surface area (Å²) in [5.74, 6) is 6.84. The molecular weight excluding hydrogens is 180 g/mol. The molecule has 1 aliphatic rings. The summed E-state index contributed by atoms with van der Waals surface area (Å²) in [6.45, 7) is 1.63. The van der Waals surface area contributed by atoms with Crippen molar-refractivity contribution in [1.29, 1.82) is 0 Å². The Labute approximate surface area is 83.4 Å². The summed E-state index contributed by atoms with van der Waals surface area (Å²) in [6, 6.07) is 3.90. The van der Waals surface area contributed by atoms with E-state index in [0.29, 0.717) is 5.92 Å². The van der Waals surface area contributed by atoms with E-state index in [1.807, 2.05) is 12.1 Å². The van der Waals surface area contributed by atoms with Crippen molar-refractivity contribution < 1.29 is 9.15 Å². The van der Waals surface area contributed by atoms with E-state index in [9.17, 15) is 0 Å². The summed E-state index contributed by atoms with van der Waals surface area (Å²) in [5.41, 5.74) is 2.80. The van der Waals surface area contributed by atoms with Gasteiger partial charge in [-0.1, -0.05) is 0 Å². The molecule has 0 aromatic carbocycles. The lowest BCUT2D eigenvalue weighted by molar-refractivity contribution is 0.0355. The molecule has 2 heterocycles. The Morgan fingerprint density at radius 3 is 3.07 bits per heavy atom. The second kappa shape index (κ2) is 4.59. The fourth-order valence-corrected chi connectivity index (χ4v) is 1.95. The van der Waals surface area contributed by atoms with Gasteiger partial charge in [-0.05, 0) is 25.0 Å². The van der Waals surface area contributed by atoms with Gasteiger partial charge >= 0.3 is 0 Å². The fraction of sp³-hybridized carbons (Fsp3) is 0.600. The molecule has 1 fully saturated rings. The van der Waals surface area contributed by atoms with Crippen LogP contribution < -0.4 is 11.3 Å². The zero-order chi connectivity index (χ0) is 9.80. The number of nitrogens with one attached hydrogen (secondary N) is 1. The van der Waals surface area contributed by atoms with E-state index in [1.165, 1.54) is 0 Å². The van der Waals surface area contributed by atoms with E-state index < -0.39 is 0 Å². The minimum Gasteiger partial charge on any atom is -0.468 e. The number of hydrazine groups is 1. The van der Waals surface area contributed by atoms with Crippen LogP contribution in [0.15, 0.2) is 22.8 Å². The molecule has 0 radical (unpaired) electrons. The van der Waals surface area contributed by atoms with Crippen LogP contribution in [0.1, 0.15) is 24.6 Å². The van der Waals surface area contributed by atoms with Gasteiger partial charge < -0.3 is 9.15 Å². The fourth-order valence-electron chi connectivity index (χ4n) is 1.95. The van der Waals surface area contributed by atoms with Gasteiger partial charge in [0.2, 0.25) is 0 Å². The lowest BCUT2D eigenvalue weighted by Crippen LogP contribution is -2.37. The van der Waals surface area contributed by atoms with Crippen LogP contribution in [0, 0.1) is 5.92 Å². The van der Waals surface area contributed by atoms with E-state index in [1.54, 1.807) is 6.26 Å². The highest BCUT2D eigenvalue weighted by molar-refractivity contribution is 5.05. The topological polar surface area (TPSA) is 60.4 Å². The first-order valence-corrected chi connectivity index (χ1v) is 4.99. The zero-order valence-electron chi connectivity index (χ0n) is 8.11. The highest BCUT2D eigenvalue weighted by Gasteiger charge is 2.26. The van der Waals surface area contributed by atoms with Crippen molar-refractivity contribution in [2.45, 2.75) is 18.9 Å². The van der Waals surface area contributed by atoms with Gasteiger partial charge in [-0.15, -0.1) is 0 Å². The Kier molecular flexibility index (Phi) is 3.18. The van der Waals surface area contributed by atoms with Crippen LogP contribution in [-0.4, -0.2) is 13.2 Å². The van der Waals surface area contributed by atoms with Crippen molar-refractivity contribution in [3.8, 4) is 0 Å². The first kappa shape index (κ1) is 9.71. The molecule has 4 heteroatoms. The smallest absolute Gasteiger partial charge is 0.122 e. The lowest BCUT2D eigenvalue weighted by Gasteiger charge is -2.28. The average Bonchev–Trinajstić information content (AvgIpc) is 2.74. The molecule has 0 spiro atoms. The summed E-state index contributed by atoms with van der Waals surface area (Å²) in [5, 5.41) is 0. The van der Waals surface area contributed by atoms with Crippen LogP contribution >= 0.6 is 0 Å². The Morgan fingerprint density at radius 1 is 1.57 bits per heavy atom. The maximum Gasteiger partial charge on any atom is 0.122 e. The van der Waals surface area contributed by atoms with Gasteiger partial charge in [0.05, 0.1) is 18.9 Å². The van der Waals surface area contributed by atoms with Crippen LogP contribution in [-0.2, 0) is 4.74 Å². The van der Waals surface area contributed by atoms with Gasteiger partial charge in [-0.3, -0.25) is 5.84 Å². The quantitative estimate of drug-likeness (QED) is 0.563. The van der Waals surface area contributed by atoms with E-state index >= 15 is 0 Å². The molecule has 0 amide bonds. The predicted molar refractivity (Wildman–Crippen MR) is 52.3 cm³/mol. The van der Waals surface area contributed by atoms with Gasteiger partial charge in [0.1, 0.15) is 5.76 Å². The van der Waals surface area contributed by atoms with Crippen molar-refractivity contribution >= 4 is 0 Å². The molecule has 1 saturated heterocycles. The Bertz CT molecular complexity index is 255. The van der Waals surface area contributed by atoms with Crippen molar-refractivity contribution in [2.24, 2.45) is 11.8 Å². The second-order valence-electron chi connectivity index (χ2n) is 3.64. The van der Waals surface area contributed by atoms with Gasteiger partial charge in [0.25, 0.3) is 0 Å². The van der Waals surface area contributed by atoms with Crippen LogP contribution in [0.4, 0.5) is 0 Å². The molecule has 14 heavy (non-hydrogen) atoms.